The molecule has 3 nitrogen and oxygen atoms in total. The SMILES string of the molecule is COc1ccc(C(C)C)cc1[C@@H]1CNCCN1. The van der Waals surface area contributed by atoms with E-state index in [0.717, 1.165) is 25.4 Å². The fourth-order valence-electron chi connectivity index (χ4n) is 2.26. The second-order valence-corrected chi connectivity index (χ2v) is 4.87. The van der Waals surface area contributed by atoms with Crippen molar-refractivity contribution in [1.29, 1.82) is 0 Å². The molecule has 0 saturated carbocycles. The zero-order valence-corrected chi connectivity index (χ0v) is 10.9. The molecule has 1 aromatic carbocycles. The molecule has 0 amide bonds. The zero-order valence-electron chi connectivity index (χ0n) is 10.9. The molecule has 0 bridgehead atoms. The lowest BCUT2D eigenvalue weighted by molar-refractivity contribution is 0.381. The number of methoxy groups -OCH3 is 1. The Morgan fingerprint density at radius 2 is 2.12 bits per heavy atom. The van der Waals surface area contributed by atoms with Gasteiger partial charge in [0.05, 0.1) is 7.11 Å². The van der Waals surface area contributed by atoms with E-state index in [0.29, 0.717) is 12.0 Å². The molecule has 0 aromatic heterocycles. The van der Waals surface area contributed by atoms with Gasteiger partial charge in [0.2, 0.25) is 0 Å². The summed E-state index contributed by atoms with van der Waals surface area (Å²) in [6.45, 7) is 7.47. The van der Waals surface area contributed by atoms with Crippen molar-refractivity contribution >= 4 is 0 Å². The molecule has 2 N–H and O–H groups in total. The molecule has 0 aliphatic carbocycles. The van der Waals surface area contributed by atoms with Gasteiger partial charge in [-0.15, -0.1) is 0 Å². The van der Waals surface area contributed by atoms with Crippen molar-refractivity contribution in [3.63, 3.8) is 0 Å². The van der Waals surface area contributed by atoms with Gasteiger partial charge in [-0.3, -0.25) is 0 Å². The first kappa shape index (κ1) is 12.4. The van der Waals surface area contributed by atoms with Crippen LogP contribution in [0.25, 0.3) is 0 Å². The minimum atomic E-state index is 0.359. The molecule has 1 aliphatic rings. The first-order chi connectivity index (χ1) is 8.22. The van der Waals surface area contributed by atoms with E-state index < -0.39 is 0 Å². The van der Waals surface area contributed by atoms with Gasteiger partial charge < -0.3 is 15.4 Å². The van der Waals surface area contributed by atoms with Crippen LogP contribution in [0.2, 0.25) is 0 Å². The lowest BCUT2D eigenvalue weighted by Crippen LogP contribution is -2.42. The van der Waals surface area contributed by atoms with Gasteiger partial charge >= 0.3 is 0 Å². The monoisotopic (exact) mass is 234 g/mol. The summed E-state index contributed by atoms with van der Waals surface area (Å²) < 4.78 is 5.47. The molecule has 1 saturated heterocycles. The molecule has 1 aromatic rings. The maximum Gasteiger partial charge on any atom is 0.123 e. The number of benzene rings is 1. The molecule has 3 heteroatoms. The van der Waals surface area contributed by atoms with E-state index in [-0.39, 0.29) is 0 Å². The number of hydrogen-bond donors (Lipinski definition) is 2. The zero-order chi connectivity index (χ0) is 12.3. The first-order valence-corrected chi connectivity index (χ1v) is 6.34. The molecule has 1 atom stereocenters. The molecule has 0 spiro atoms. The van der Waals surface area contributed by atoms with E-state index >= 15 is 0 Å². The first-order valence-electron chi connectivity index (χ1n) is 6.34. The van der Waals surface area contributed by atoms with Crippen molar-refractivity contribution < 1.29 is 4.74 Å². The van der Waals surface area contributed by atoms with Crippen LogP contribution in [0.5, 0.6) is 5.75 Å². The van der Waals surface area contributed by atoms with E-state index in [2.05, 4.69) is 42.7 Å². The molecular weight excluding hydrogens is 212 g/mol. The Morgan fingerprint density at radius 1 is 1.29 bits per heavy atom. The Bertz CT molecular complexity index is 370. The molecule has 1 heterocycles. The number of hydrogen-bond acceptors (Lipinski definition) is 3. The quantitative estimate of drug-likeness (QED) is 0.840. The molecule has 17 heavy (non-hydrogen) atoms. The van der Waals surface area contributed by atoms with Crippen molar-refractivity contribution in [3.8, 4) is 5.75 Å². The maximum absolute atomic E-state index is 5.47. The molecule has 94 valence electrons. The average molecular weight is 234 g/mol. The summed E-state index contributed by atoms with van der Waals surface area (Å²) in [4.78, 5) is 0. The van der Waals surface area contributed by atoms with Gasteiger partial charge in [-0.1, -0.05) is 26.0 Å². The van der Waals surface area contributed by atoms with Crippen molar-refractivity contribution in [3.05, 3.63) is 29.3 Å². The van der Waals surface area contributed by atoms with Gasteiger partial charge in [0.1, 0.15) is 5.75 Å². The summed E-state index contributed by atoms with van der Waals surface area (Å²) in [6.07, 6.45) is 0. The van der Waals surface area contributed by atoms with E-state index in [4.69, 9.17) is 4.74 Å². The largest absolute Gasteiger partial charge is 0.496 e. The highest BCUT2D eigenvalue weighted by molar-refractivity contribution is 5.40. The van der Waals surface area contributed by atoms with E-state index in [9.17, 15) is 0 Å². The Kier molecular flexibility index (Phi) is 4.02. The number of ether oxygens (including phenoxy) is 1. The van der Waals surface area contributed by atoms with Gasteiger partial charge in [-0.25, -0.2) is 0 Å². The Hall–Kier alpha value is -1.06. The summed E-state index contributed by atoms with van der Waals surface area (Å²) in [5.41, 5.74) is 2.64. The van der Waals surface area contributed by atoms with Gasteiger partial charge in [-0.2, -0.15) is 0 Å². The van der Waals surface area contributed by atoms with Gasteiger partial charge in [0, 0.05) is 31.2 Å². The summed E-state index contributed by atoms with van der Waals surface area (Å²) in [5.74, 6) is 1.53. The Labute approximate surface area is 104 Å². The van der Waals surface area contributed by atoms with Crippen LogP contribution in [0.3, 0.4) is 0 Å². The van der Waals surface area contributed by atoms with Crippen LogP contribution < -0.4 is 15.4 Å². The van der Waals surface area contributed by atoms with E-state index in [1.807, 2.05) is 0 Å². The molecule has 0 radical (unpaired) electrons. The number of nitrogens with one attached hydrogen (secondary N) is 2. The lowest BCUT2D eigenvalue weighted by Gasteiger charge is -2.27. The summed E-state index contributed by atoms with van der Waals surface area (Å²) in [5, 5.41) is 6.95. The lowest BCUT2D eigenvalue weighted by atomic mass is 9.96. The maximum atomic E-state index is 5.47. The van der Waals surface area contributed by atoms with Crippen molar-refractivity contribution in [2.24, 2.45) is 0 Å². The minimum absolute atomic E-state index is 0.359. The third-order valence-electron chi connectivity index (χ3n) is 3.34. The number of rotatable bonds is 3. The summed E-state index contributed by atoms with van der Waals surface area (Å²) in [7, 11) is 1.74. The highest BCUT2D eigenvalue weighted by Crippen LogP contribution is 2.29. The van der Waals surface area contributed by atoms with Crippen LogP contribution >= 0.6 is 0 Å². The predicted octanol–water partition coefficient (Wildman–Crippen LogP) is 2.05. The van der Waals surface area contributed by atoms with Crippen LogP contribution in [0, 0.1) is 0 Å². The highest BCUT2D eigenvalue weighted by Gasteiger charge is 2.19. The van der Waals surface area contributed by atoms with Gasteiger partial charge in [0.25, 0.3) is 0 Å². The normalized spacial score (nSPS) is 20.6. The fourth-order valence-corrected chi connectivity index (χ4v) is 2.26. The van der Waals surface area contributed by atoms with Crippen molar-refractivity contribution in [2.45, 2.75) is 25.8 Å². The molecule has 1 aliphatic heterocycles. The van der Waals surface area contributed by atoms with Crippen LogP contribution in [-0.2, 0) is 0 Å². The van der Waals surface area contributed by atoms with Crippen LogP contribution in [-0.4, -0.2) is 26.7 Å². The minimum Gasteiger partial charge on any atom is -0.496 e. The second-order valence-electron chi connectivity index (χ2n) is 4.87. The molecular formula is C14H22N2O. The summed E-state index contributed by atoms with van der Waals surface area (Å²) >= 11 is 0. The second kappa shape index (κ2) is 5.52. The van der Waals surface area contributed by atoms with Crippen LogP contribution in [0.15, 0.2) is 18.2 Å². The molecule has 1 fully saturated rings. The topological polar surface area (TPSA) is 33.3 Å². The van der Waals surface area contributed by atoms with E-state index in [1.54, 1.807) is 7.11 Å². The van der Waals surface area contributed by atoms with Crippen molar-refractivity contribution in [2.75, 3.05) is 26.7 Å². The van der Waals surface area contributed by atoms with Crippen molar-refractivity contribution in [1.82, 2.24) is 10.6 Å². The van der Waals surface area contributed by atoms with Crippen LogP contribution in [0.4, 0.5) is 0 Å². The Balaban J connectivity index is 2.30. The molecule has 2 rings (SSSR count). The standard InChI is InChI=1S/C14H22N2O/c1-10(2)11-4-5-14(17-3)12(8-11)13-9-15-6-7-16-13/h4-5,8,10,13,15-16H,6-7,9H2,1-3H3/t13-/m0/s1. The third-order valence-corrected chi connectivity index (χ3v) is 3.34. The van der Waals surface area contributed by atoms with Gasteiger partial charge in [0.15, 0.2) is 0 Å². The fraction of sp³-hybridized carbons (Fsp3) is 0.571. The van der Waals surface area contributed by atoms with E-state index in [1.165, 1.54) is 11.1 Å². The Morgan fingerprint density at radius 3 is 2.71 bits per heavy atom. The summed E-state index contributed by atoms with van der Waals surface area (Å²) in [6, 6.07) is 6.87. The van der Waals surface area contributed by atoms with Crippen LogP contribution in [0.1, 0.15) is 36.9 Å². The predicted molar refractivity (Wildman–Crippen MR) is 70.7 cm³/mol. The third kappa shape index (κ3) is 2.79. The highest BCUT2D eigenvalue weighted by atomic mass is 16.5. The number of piperazine rings is 1. The molecule has 0 unspecified atom stereocenters. The average Bonchev–Trinajstić information content (AvgIpc) is 2.39. The van der Waals surface area contributed by atoms with Gasteiger partial charge in [-0.05, 0) is 17.5 Å². The smallest absolute Gasteiger partial charge is 0.123 e.